The number of carbonyl (C=O) groups excluding carboxylic acids is 2. The van der Waals surface area contributed by atoms with Gasteiger partial charge in [-0.3, -0.25) is 9.59 Å². The number of carbonyl (C=O) groups is 2. The molecule has 0 aliphatic carbocycles. The van der Waals surface area contributed by atoms with Gasteiger partial charge in [-0.05, 0) is 36.8 Å². The maximum absolute atomic E-state index is 12.5. The highest BCUT2D eigenvalue weighted by molar-refractivity contribution is 6.09. The summed E-state index contributed by atoms with van der Waals surface area (Å²) in [6.07, 6.45) is 2.76. The van der Waals surface area contributed by atoms with E-state index in [0.29, 0.717) is 22.5 Å². The minimum Gasteiger partial charge on any atom is -0.504 e. The summed E-state index contributed by atoms with van der Waals surface area (Å²) in [5.74, 6) is -1.87. The highest BCUT2D eigenvalue weighted by atomic mass is 16.3. The number of hydrogen-bond donors (Lipinski definition) is 5. The molecule has 3 aromatic rings. The third kappa shape index (κ3) is 3.98. The molecule has 0 spiro atoms. The van der Waals surface area contributed by atoms with E-state index in [2.05, 4.69) is 20.6 Å². The van der Waals surface area contributed by atoms with Crippen molar-refractivity contribution in [3.05, 3.63) is 65.5 Å². The molecular formula is C19H17N5O4. The van der Waals surface area contributed by atoms with Crippen LogP contribution in [0.5, 0.6) is 11.5 Å². The van der Waals surface area contributed by atoms with Crippen LogP contribution in [0.2, 0.25) is 0 Å². The zero-order valence-electron chi connectivity index (χ0n) is 14.8. The molecule has 1 heterocycles. The highest BCUT2D eigenvalue weighted by Crippen LogP contribution is 2.29. The Balaban J connectivity index is 1.81. The van der Waals surface area contributed by atoms with Crippen LogP contribution in [0.3, 0.4) is 0 Å². The van der Waals surface area contributed by atoms with Gasteiger partial charge in [0.05, 0.1) is 23.6 Å². The summed E-state index contributed by atoms with van der Waals surface area (Å²) in [7, 11) is 0. The Morgan fingerprint density at radius 2 is 1.57 bits per heavy atom. The van der Waals surface area contributed by atoms with Crippen molar-refractivity contribution in [1.29, 1.82) is 0 Å². The van der Waals surface area contributed by atoms with Crippen molar-refractivity contribution >= 4 is 29.1 Å². The first-order valence-electron chi connectivity index (χ1n) is 8.17. The zero-order valence-corrected chi connectivity index (χ0v) is 14.8. The average molecular weight is 379 g/mol. The van der Waals surface area contributed by atoms with Crippen molar-refractivity contribution in [2.75, 3.05) is 16.4 Å². The van der Waals surface area contributed by atoms with Crippen LogP contribution >= 0.6 is 0 Å². The minimum atomic E-state index is -0.629. The smallest absolute Gasteiger partial charge is 0.259 e. The molecule has 0 fully saturated rings. The first kappa shape index (κ1) is 18.6. The second-order valence-corrected chi connectivity index (χ2v) is 5.94. The molecule has 9 heteroatoms. The van der Waals surface area contributed by atoms with Crippen LogP contribution in [0, 0.1) is 6.92 Å². The lowest BCUT2D eigenvalue weighted by atomic mass is 10.1. The summed E-state index contributed by atoms with van der Waals surface area (Å²) < 4.78 is 0. The Morgan fingerprint density at radius 1 is 0.929 bits per heavy atom. The van der Waals surface area contributed by atoms with Gasteiger partial charge in [-0.25, -0.2) is 9.97 Å². The third-order valence-electron chi connectivity index (χ3n) is 3.93. The van der Waals surface area contributed by atoms with E-state index in [1.165, 1.54) is 36.7 Å². The van der Waals surface area contributed by atoms with Gasteiger partial charge in [0.15, 0.2) is 11.5 Å². The Bertz CT molecular complexity index is 1050. The van der Waals surface area contributed by atoms with Gasteiger partial charge < -0.3 is 26.6 Å². The molecule has 0 bridgehead atoms. The lowest BCUT2D eigenvalue weighted by Gasteiger charge is -2.11. The number of amides is 2. The van der Waals surface area contributed by atoms with Crippen LogP contribution in [0.1, 0.15) is 26.3 Å². The largest absolute Gasteiger partial charge is 0.504 e. The number of phenols is 2. The molecule has 2 amide bonds. The van der Waals surface area contributed by atoms with Gasteiger partial charge >= 0.3 is 0 Å². The normalized spacial score (nSPS) is 10.3. The van der Waals surface area contributed by atoms with Gasteiger partial charge in [0.2, 0.25) is 5.95 Å². The third-order valence-corrected chi connectivity index (χ3v) is 3.93. The number of hydrogen-bond acceptors (Lipinski definition) is 7. The number of nitrogens with one attached hydrogen (secondary N) is 2. The van der Waals surface area contributed by atoms with E-state index in [9.17, 15) is 19.8 Å². The molecule has 9 nitrogen and oxygen atoms in total. The summed E-state index contributed by atoms with van der Waals surface area (Å²) in [4.78, 5) is 32.5. The molecule has 0 radical (unpaired) electrons. The van der Waals surface area contributed by atoms with Gasteiger partial charge in [-0.15, -0.1) is 0 Å². The summed E-state index contributed by atoms with van der Waals surface area (Å²) in [6, 6.07) is 8.87. The fraction of sp³-hybridized carbons (Fsp3) is 0.0526. The molecule has 28 heavy (non-hydrogen) atoms. The van der Waals surface area contributed by atoms with Crippen molar-refractivity contribution in [3.8, 4) is 11.5 Å². The maximum atomic E-state index is 12.5. The molecule has 0 aliphatic heterocycles. The lowest BCUT2D eigenvalue weighted by molar-refractivity contribution is 0.101. The van der Waals surface area contributed by atoms with Crippen molar-refractivity contribution in [2.24, 2.45) is 0 Å². The molecule has 142 valence electrons. The summed E-state index contributed by atoms with van der Waals surface area (Å²) in [6.45, 7) is 1.75. The van der Waals surface area contributed by atoms with Gasteiger partial charge in [-0.1, -0.05) is 12.1 Å². The molecular weight excluding hydrogens is 362 g/mol. The number of nitrogens with zero attached hydrogens (tertiary/aromatic N) is 2. The average Bonchev–Trinajstić information content (AvgIpc) is 2.67. The van der Waals surface area contributed by atoms with E-state index >= 15 is 0 Å². The summed E-state index contributed by atoms with van der Waals surface area (Å²) >= 11 is 0. The second kappa shape index (κ2) is 7.62. The van der Waals surface area contributed by atoms with Crippen molar-refractivity contribution in [2.45, 2.75) is 6.92 Å². The predicted octanol–water partition coefficient (Wildman–Crippen LogP) is 2.28. The van der Waals surface area contributed by atoms with E-state index < -0.39 is 23.3 Å². The predicted molar refractivity (Wildman–Crippen MR) is 103 cm³/mol. The van der Waals surface area contributed by atoms with Crippen LogP contribution in [-0.4, -0.2) is 32.0 Å². The van der Waals surface area contributed by atoms with Gasteiger partial charge in [0, 0.05) is 11.3 Å². The topological polar surface area (TPSA) is 150 Å². The quantitative estimate of drug-likeness (QED) is 0.436. The van der Waals surface area contributed by atoms with Crippen LogP contribution in [0.15, 0.2) is 48.8 Å². The fourth-order valence-electron chi connectivity index (χ4n) is 2.46. The molecule has 3 rings (SSSR count). The molecule has 0 aliphatic rings. The zero-order chi connectivity index (χ0) is 20.3. The Morgan fingerprint density at radius 3 is 2.29 bits per heavy atom. The number of benzene rings is 2. The first-order valence-corrected chi connectivity index (χ1v) is 8.17. The van der Waals surface area contributed by atoms with Gasteiger partial charge in [-0.2, -0.15) is 0 Å². The number of phenolic OH excluding ortho intramolecular Hbond substituents is 2. The van der Waals surface area contributed by atoms with Crippen molar-refractivity contribution < 1.29 is 19.8 Å². The number of aromatic nitrogens is 2. The van der Waals surface area contributed by atoms with Crippen molar-refractivity contribution in [3.63, 3.8) is 0 Å². The number of rotatable bonds is 4. The number of aromatic hydroxyl groups is 2. The Kier molecular flexibility index (Phi) is 5.07. The van der Waals surface area contributed by atoms with E-state index in [4.69, 9.17) is 5.73 Å². The lowest BCUT2D eigenvalue weighted by Crippen LogP contribution is -2.16. The maximum Gasteiger partial charge on any atom is 0.259 e. The van der Waals surface area contributed by atoms with Crippen LogP contribution < -0.4 is 16.4 Å². The SMILES string of the molecule is Cc1ccc(NC(=O)c2cccc(O)c2O)cc1C(=O)Nc1cnc(N)nc1. The molecule has 6 N–H and O–H groups in total. The molecule has 2 aromatic carbocycles. The Hall–Kier alpha value is -4.14. The van der Waals surface area contributed by atoms with Crippen molar-refractivity contribution in [1.82, 2.24) is 9.97 Å². The van der Waals surface area contributed by atoms with Crippen LogP contribution in [0.4, 0.5) is 17.3 Å². The van der Waals surface area contributed by atoms with Gasteiger partial charge in [0.25, 0.3) is 11.8 Å². The minimum absolute atomic E-state index is 0.0918. The molecule has 0 atom stereocenters. The summed E-state index contributed by atoms with van der Waals surface area (Å²) in [5.41, 5.74) is 7.06. The number of aryl methyl sites for hydroxylation is 1. The molecule has 0 saturated heterocycles. The standard InChI is InChI=1S/C19H17N5O4/c1-10-5-6-11(23-17(27)13-3-2-4-15(25)16(13)26)7-14(10)18(28)24-12-8-21-19(20)22-9-12/h2-9,25-26H,1H3,(H,23,27)(H,24,28)(H2,20,21,22). The van der Waals surface area contributed by atoms with E-state index in [-0.39, 0.29) is 11.5 Å². The monoisotopic (exact) mass is 379 g/mol. The molecule has 0 unspecified atom stereocenters. The number of nitrogen functional groups attached to an aromatic ring is 1. The number of para-hydroxylation sites is 1. The van der Waals surface area contributed by atoms with E-state index in [0.717, 1.165) is 0 Å². The fourth-order valence-corrected chi connectivity index (χ4v) is 2.46. The first-order chi connectivity index (χ1) is 13.3. The summed E-state index contributed by atoms with van der Waals surface area (Å²) in [5, 5.41) is 24.6. The molecule has 1 aromatic heterocycles. The number of anilines is 3. The van der Waals surface area contributed by atoms with E-state index in [1.807, 2.05) is 0 Å². The van der Waals surface area contributed by atoms with Crippen LogP contribution in [0.25, 0.3) is 0 Å². The highest BCUT2D eigenvalue weighted by Gasteiger charge is 2.16. The number of nitrogens with two attached hydrogens (primary N) is 1. The Labute approximate surface area is 159 Å². The second-order valence-electron chi connectivity index (χ2n) is 5.94. The van der Waals surface area contributed by atoms with E-state index in [1.54, 1.807) is 19.1 Å². The van der Waals surface area contributed by atoms with Gasteiger partial charge in [0.1, 0.15) is 0 Å². The molecule has 0 saturated carbocycles. The van der Waals surface area contributed by atoms with Crippen LogP contribution in [-0.2, 0) is 0 Å².